The van der Waals surface area contributed by atoms with Crippen molar-refractivity contribution in [3.63, 3.8) is 0 Å². The Balaban J connectivity index is 3.38. The van der Waals surface area contributed by atoms with Gasteiger partial charge in [0.1, 0.15) is 0 Å². The highest BCUT2D eigenvalue weighted by molar-refractivity contribution is 5.37. The fraction of sp³-hybridized carbons (Fsp3) is 0.444. The molecule has 10 heteroatoms. The van der Waals surface area contributed by atoms with E-state index in [1.165, 1.54) is 0 Å². The van der Waals surface area contributed by atoms with Gasteiger partial charge in [0.15, 0.2) is 0 Å². The van der Waals surface area contributed by atoms with E-state index in [1.807, 2.05) is 0 Å². The van der Waals surface area contributed by atoms with E-state index in [0.29, 0.717) is 6.92 Å². The van der Waals surface area contributed by atoms with Gasteiger partial charge in [-0.2, -0.15) is 13.2 Å². The van der Waals surface area contributed by atoms with Crippen molar-refractivity contribution in [1.82, 2.24) is 4.98 Å². The summed E-state index contributed by atoms with van der Waals surface area (Å²) in [6.07, 6.45) is -14.0. The molecule has 0 radical (unpaired) electrons. The number of nitrogens with zero attached hydrogens (tertiary/aromatic N) is 1. The first kappa shape index (κ1) is 15.4. The first-order valence-electron chi connectivity index (χ1n) is 4.54. The fourth-order valence-corrected chi connectivity index (χ4v) is 1.38. The van der Waals surface area contributed by atoms with Gasteiger partial charge in [-0.3, -0.25) is 0 Å². The highest BCUT2D eigenvalue weighted by Crippen LogP contribution is 2.39. The third-order valence-electron chi connectivity index (χ3n) is 1.95. The van der Waals surface area contributed by atoms with E-state index in [-0.39, 0.29) is 6.07 Å². The number of hydrogen-bond acceptors (Lipinski definition) is 2. The number of rotatable bonds is 2. The molecule has 0 unspecified atom stereocenters. The van der Waals surface area contributed by atoms with Gasteiger partial charge in [-0.05, 0) is 6.92 Å². The van der Waals surface area contributed by atoms with Crippen LogP contribution < -0.4 is 4.74 Å². The van der Waals surface area contributed by atoms with E-state index in [0.717, 1.165) is 0 Å². The maximum absolute atomic E-state index is 12.5. The van der Waals surface area contributed by atoms with Gasteiger partial charge in [0.05, 0.1) is 11.3 Å². The molecule has 2 nitrogen and oxygen atoms in total. The SMILES string of the molecule is Cc1nc(OC(F)(F)F)cc(C(F)F)c1C(F)(F)F. The molecule has 0 aliphatic rings. The molecule has 108 valence electrons. The molecule has 0 spiro atoms. The molecule has 0 saturated carbocycles. The highest BCUT2D eigenvalue weighted by atomic mass is 19.4. The summed E-state index contributed by atoms with van der Waals surface area (Å²) in [6, 6.07) is -0.0754. The van der Waals surface area contributed by atoms with E-state index in [9.17, 15) is 35.1 Å². The van der Waals surface area contributed by atoms with Crippen LogP contribution in [0.15, 0.2) is 6.07 Å². The molecule has 1 rings (SSSR count). The second-order valence-electron chi connectivity index (χ2n) is 3.36. The van der Waals surface area contributed by atoms with Crippen LogP contribution in [0.2, 0.25) is 0 Å². The van der Waals surface area contributed by atoms with Crippen molar-refractivity contribution in [3.05, 3.63) is 22.9 Å². The molecule has 19 heavy (non-hydrogen) atoms. The van der Waals surface area contributed by atoms with Crippen LogP contribution in [0.5, 0.6) is 5.88 Å². The first-order valence-corrected chi connectivity index (χ1v) is 4.54. The van der Waals surface area contributed by atoms with Crippen molar-refractivity contribution in [1.29, 1.82) is 0 Å². The van der Waals surface area contributed by atoms with E-state index in [4.69, 9.17) is 0 Å². The monoisotopic (exact) mass is 295 g/mol. The van der Waals surface area contributed by atoms with Crippen LogP contribution in [0.25, 0.3) is 0 Å². The Labute approximate surface area is 101 Å². The molecule has 1 aromatic heterocycles. The Kier molecular flexibility index (Phi) is 3.92. The molecule has 0 aromatic carbocycles. The molecule has 1 heterocycles. The Hall–Kier alpha value is -1.61. The van der Waals surface area contributed by atoms with Crippen molar-refractivity contribution in [2.45, 2.75) is 25.9 Å². The van der Waals surface area contributed by atoms with Crippen LogP contribution in [0.4, 0.5) is 35.1 Å². The molecule has 0 fully saturated rings. The summed E-state index contributed by atoms with van der Waals surface area (Å²) in [6.45, 7) is 0.665. The van der Waals surface area contributed by atoms with Gasteiger partial charge in [0.2, 0.25) is 5.88 Å². The van der Waals surface area contributed by atoms with Crippen LogP contribution >= 0.6 is 0 Å². The third kappa shape index (κ3) is 3.93. The van der Waals surface area contributed by atoms with Crippen molar-refractivity contribution in [2.24, 2.45) is 0 Å². The Morgan fingerprint density at radius 2 is 1.63 bits per heavy atom. The fourth-order valence-electron chi connectivity index (χ4n) is 1.38. The summed E-state index contributed by atoms with van der Waals surface area (Å²) in [5.74, 6) is -1.37. The summed E-state index contributed by atoms with van der Waals surface area (Å²) < 4.78 is 101. The van der Waals surface area contributed by atoms with Gasteiger partial charge in [-0.25, -0.2) is 13.8 Å². The zero-order valence-electron chi connectivity index (χ0n) is 9.03. The maximum atomic E-state index is 12.5. The summed E-state index contributed by atoms with van der Waals surface area (Å²) in [5.41, 5.74) is -4.40. The molecule has 1 aromatic rings. The number of halogens is 8. The van der Waals surface area contributed by atoms with Crippen LogP contribution in [-0.2, 0) is 6.18 Å². The summed E-state index contributed by atoms with van der Waals surface area (Å²) >= 11 is 0. The Morgan fingerprint density at radius 1 is 1.11 bits per heavy atom. The maximum Gasteiger partial charge on any atom is 0.574 e. The average Bonchev–Trinajstić information content (AvgIpc) is 2.10. The molecular weight excluding hydrogens is 290 g/mol. The smallest absolute Gasteiger partial charge is 0.388 e. The second-order valence-corrected chi connectivity index (χ2v) is 3.36. The highest BCUT2D eigenvalue weighted by Gasteiger charge is 2.40. The van der Waals surface area contributed by atoms with Crippen LogP contribution in [-0.4, -0.2) is 11.3 Å². The molecule has 0 aliphatic carbocycles. The molecular formula is C9H5F8NO. The number of pyridine rings is 1. The molecule has 0 aliphatic heterocycles. The van der Waals surface area contributed by atoms with Gasteiger partial charge in [0.25, 0.3) is 6.43 Å². The molecule has 0 saturated heterocycles. The number of aryl methyl sites for hydroxylation is 1. The van der Waals surface area contributed by atoms with Gasteiger partial charge >= 0.3 is 12.5 Å². The third-order valence-corrected chi connectivity index (χ3v) is 1.95. The van der Waals surface area contributed by atoms with E-state index in [1.54, 1.807) is 0 Å². The van der Waals surface area contributed by atoms with Crippen molar-refractivity contribution >= 4 is 0 Å². The van der Waals surface area contributed by atoms with E-state index >= 15 is 0 Å². The van der Waals surface area contributed by atoms with E-state index < -0.39 is 41.7 Å². The van der Waals surface area contributed by atoms with Gasteiger partial charge < -0.3 is 4.74 Å². The Morgan fingerprint density at radius 3 is 2.00 bits per heavy atom. The van der Waals surface area contributed by atoms with Gasteiger partial charge in [0, 0.05) is 11.6 Å². The topological polar surface area (TPSA) is 22.1 Å². The average molecular weight is 295 g/mol. The number of alkyl halides is 8. The predicted octanol–water partition coefficient (Wildman–Crippen LogP) is 4.25. The largest absolute Gasteiger partial charge is 0.574 e. The van der Waals surface area contributed by atoms with Crippen LogP contribution in [0.1, 0.15) is 23.2 Å². The second kappa shape index (κ2) is 4.82. The zero-order valence-corrected chi connectivity index (χ0v) is 9.03. The number of aromatic nitrogens is 1. The first-order chi connectivity index (χ1) is 8.42. The molecule has 0 N–H and O–H groups in total. The van der Waals surface area contributed by atoms with Crippen molar-refractivity contribution in [3.8, 4) is 5.88 Å². The predicted molar refractivity (Wildman–Crippen MR) is 45.6 cm³/mol. The normalized spacial score (nSPS) is 12.9. The van der Waals surface area contributed by atoms with Crippen molar-refractivity contribution in [2.75, 3.05) is 0 Å². The molecule has 0 atom stereocenters. The van der Waals surface area contributed by atoms with Crippen LogP contribution in [0.3, 0.4) is 0 Å². The lowest BCUT2D eigenvalue weighted by Gasteiger charge is -2.16. The molecule has 0 bridgehead atoms. The zero-order chi connectivity index (χ0) is 15.0. The standard InChI is InChI=1S/C9H5F8NO/c1-3-6(8(12,13)14)4(7(10)11)2-5(18-3)19-9(15,16)17/h2,7H,1H3. The van der Waals surface area contributed by atoms with Crippen molar-refractivity contribution < 1.29 is 39.9 Å². The van der Waals surface area contributed by atoms with Crippen LogP contribution in [0, 0.1) is 6.92 Å². The van der Waals surface area contributed by atoms with E-state index in [2.05, 4.69) is 9.72 Å². The number of hydrogen-bond donors (Lipinski definition) is 0. The lowest BCUT2D eigenvalue weighted by Crippen LogP contribution is -2.20. The Bertz CT molecular complexity index is 465. The minimum Gasteiger partial charge on any atom is -0.388 e. The summed E-state index contributed by atoms with van der Waals surface area (Å²) in [4.78, 5) is 2.87. The molecule has 0 amide bonds. The summed E-state index contributed by atoms with van der Waals surface area (Å²) in [7, 11) is 0. The lowest BCUT2D eigenvalue weighted by atomic mass is 10.1. The quantitative estimate of drug-likeness (QED) is 0.761. The number of ether oxygens (including phenoxy) is 1. The van der Waals surface area contributed by atoms with Gasteiger partial charge in [-0.15, -0.1) is 13.2 Å². The lowest BCUT2D eigenvalue weighted by molar-refractivity contribution is -0.276. The minimum absolute atomic E-state index is 0.0754. The minimum atomic E-state index is -5.24. The summed E-state index contributed by atoms with van der Waals surface area (Å²) in [5, 5.41) is 0. The van der Waals surface area contributed by atoms with Gasteiger partial charge in [-0.1, -0.05) is 0 Å².